The highest BCUT2D eigenvalue weighted by atomic mass is 32.1. The number of methoxy groups -OCH3 is 2. The Bertz CT molecular complexity index is 384. The van der Waals surface area contributed by atoms with Crippen LogP contribution in [0.5, 0.6) is 0 Å². The number of carboxylic acid groups (broad SMARTS) is 1. The Labute approximate surface area is 96.6 Å². The fourth-order valence-electron chi connectivity index (χ4n) is 1.15. The fourth-order valence-corrected chi connectivity index (χ4v) is 2.11. The van der Waals surface area contributed by atoms with Crippen LogP contribution in [0.3, 0.4) is 0 Å². The van der Waals surface area contributed by atoms with Crippen molar-refractivity contribution in [2.45, 2.75) is 12.5 Å². The van der Waals surface area contributed by atoms with Crippen LogP contribution < -0.4 is 0 Å². The minimum Gasteiger partial charge on any atom is -0.479 e. The van der Waals surface area contributed by atoms with E-state index in [1.54, 1.807) is 12.1 Å². The van der Waals surface area contributed by atoms with Crippen molar-refractivity contribution in [3.63, 3.8) is 0 Å². The van der Waals surface area contributed by atoms with Crippen LogP contribution in [-0.4, -0.2) is 37.4 Å². The molecule has 0 amide bonds. The van der Waals surface area contributed by atoms with Crippen LogP contribution in [0.15, 0.2) is 12.1 Å². The normalized spacial score (nSPS) is 12.1. The summed E-state index contributed by atoms with van der Waals surface area (Å²) in [6.07, 6.45) is -0.642. The SMILES string of the molecule is COC(=O)c1ccc(CC(OC)C(=O)O)s1. The van der Waals surface area contributed by atoms with Crippen molar-refractivity contribution in [2.75, 3.05) is 14.2 Å². The minimum absolute atomic E-state index is 0.244. The van der Waals surface area contributed by atoms with Gasteiger partial charge in [-0.3, -0.25) is 0 Å². The van der Waals surface area contributed by atoms with Crippen molar-refractivity contribution < 1.29 is 24.2 Å². The molecule has 0 aliphatic rings. The summed E-state index contributed by atoms with van der Waals surface area (Å²) in [6.45, 7) is 0. The Balaban J connectivity index is 2.71. The molecular weight excluding hydrogens is 232 g/mol. The molecule has 0 bridgehead atoms. The topological polar surface area (TPSA) is 72.8 Å². The van der Waals surface area contributed by atoms with Crippen LogP contribution >= 0.6 is 11.3 Å². The highest BCUT2D eigenvalue weighted by Crippen LogP contribution is 2.19. The van der Waals surface area contributed by atoms with E-state index in [9.17, 15) is 9.59 Å². The fraction of sp³-hybridized carbons (Fsp3) is 0.400. The lowest BCUT2D eigenvalue weighted by Crippen LogP contribution is -2.24. The van der Waals surface area contributed by atoms with Gasteiger partial charge in [-0.05, 0) is 12.1 Å². The van der Waals surface area contributed by atoms with Gasteiger partial charge in [0.25, 0.3) is 0 Å². The maximum atomic E-state index is 11.2. The average molecular weight is 244 g/mol. The van der Waals surface area contributed by atoms with Crippen LogP contribution in [0.4, 0.5) is 0 Å². The van der Waals surface area contributed by atoms with Crippen molar-refractivity contribution in [3.05, 3.63) is 21.9 Å². The maximum absolute atomic E-state index is 11.2. The van der Waals surface area contributed by atoms with Gasteiger partial charge in [-0.2, -0.15) is 0 Å². The molecule has 1 atom stereocenters. The van der Waals surface area contributed by atoms with Crippen molar-refractivity contribution >= 4 is 23.3 Å². The number of aliphatic carboxylic acids is 1. The van der Waals surface area contributed by atoms with E-state index in [2.05, 4.69) is 4.74 Å². The van der Waals surface area contributed by atoms with Crippen LogP contribution in [0.1, 0.15) is 14.5 Å². The molecule has 88 valence electrons. The summed E-state index contributed by atoms with van der Waals surface area (Å²) in [6, 6.07) is 3.31. The molecule has 1 aromatic rings. The van der Waals surface area contributed by atoms with E-state index >= 15 is 0 Å². The Hall–Kier alpha value is -1.40. The lowest BCUT2D eigenvalue weighted by atomic mass is 10.2. The number of carboxylic acids is 1. The molecule has 16 heavy (non-hydrogen) atoms. The smallest absolute Gasteiger partial charge is 0.348 e. The third kappa shape index (κ3) is 3.04. The summed E-state index contributed by atoms with van der Waals surface area (Å²) in [5.74, 6) is -1.43. The zero-order valence-electron chi connectivity index (χ0n) is 8.93. The molecule has 0 aliphatic heterocycles. The predicted octanol–water partition coefficient (Wildman–Crippen LogP) is 1.18. The van der Waals surface area contributed by atoms with Crippen LogP contribution in [-0.2, 0) is 20.7 Å². The van der Waals surface area contributed by atoms with E-state index in [1.165, 1.54) is 25.6 Å². The number of thiophene rings is 1. The highest BCUT2D eigenvalue weighted by Gasteiger charge is 2.19. The molecule has 0 saturated heterocycles. The van der Waals surface area contributed by atoms with Gasteiger partial charge in [-0.15, -0.1) is 11.3 Å². The molecule has 1 heterocycles. The summed E-state index contributed by atoms with van der Waals surface area (Å²) in [7, 11) is 2.64. The van der Waals surface area contributed by atoms with Gasteiger partial charge < -0.3 is 14.6 Å². The first-order chi connectivity index (χ1) is 7.58. The van der Waals surface area contributed by atoms with E-state index in [-0.39, 0.29) is 6.42 Å². The lowest BCUT2D eigenvalue weighted by molar-refractivity contribution is -0.148. The summed E-state index contributed by atoms with van der Waals surface area (Å²) >= 11 is 1.21. The molecule has 0 aromatic carbocycles. The van der Waals surface area contributed by atoms with Crippen molar-refractivity contribution in [1.29, 1.82) is 0 Å². The van der Waals surface area contributed by atoms with Crippen molar-refractivity contribution in [1.82, 2.24) is 0 Å². The summed E-state index contributed by atoms with van der Waals surface area (Å²) in [5, 5.41) is 8.78. The van der Waals surface area contributed by atoms with Gasteiger partial charge in [0.2, 0.25) is 0 Å². The van der Waals surface area contributed by atoms with E-state index < -0.39 is 18.0 Å². The van der Waals surface area contributed by atoms with Gasteiger partial charge in [0.15, 0.2) is 6.10 Å². The first-order valence-corrected chi connectivity index (χ1v) is 5.32. The highest BCUT2D eigenvalue weighted by molar-refractivity contribution is 7.13. The Morgan fingerprint density at radius 3 is 2.62 bits per heavy atom. The summed E-state index contributed by atoms with van der Waals surface area (Å²) in [5.41, 5.74) is 0. The van der Waals surface area contributed by atoms with Crippen LogP contribution in [0, 0.1) is 0 Å². The van der Waals surface area contributed by atoms with Crippen LogP contribution in [0.25, 0.3) is 0 Å². The number of carbonyl (C=O) groups excluding carboxylic acids is 1. The third-order valence-corrected chi connectivity index (χ3v) is 3.08. The third-order valence-electron chi connectivity index (χ3n) is 1.99. The second-order valence-corrected chi connectivity index (χ2v) is 4.19. The second-order valence-electron chi connectivity index (χ2n) is 3.02. The zero-order chi connectivity index (χ0) is 12.1. The Morgan fingerprint density at radius 1 is 1.44 bits per heavy atom. The molecule has 0 spiro atoms. The van der Waals surface area contributed by atoms with Gasteiger partial charge in [-0.25, -0.2) is 9.59 Å². The Kier molecular flexibility index (Phi) is 4.45. The van der Waals surface area contributed by atoms with E-state index in [0.29, 0.717) is 4.88 Å². The molecule has 1 N–H and O–H groups in total. The van der Waals surface area contributed by atoms with E-state index in [0.717, 1.165) is 4.88 Å². The summed E-state index contributed by atoms with van der Waals surface area (Å²) < 4.78 is 9.35. The number of hydrogen-bond acceptors (Lipinski definition) is 5. The number of ether oxygens (including phenoxy) is 2. The molecule has 0 aliphatic carbocycles. The maximum Gasteiger partial charge on any atom is 0.348 e. The molecular formula is C10H12O5S. The molecule has 1 aromatic heterocycles. The number of carbonyl (C=O) groups is 2. The number of esters is 1. The first-order valence-electron chi connectivity index (χ1n) is 4.51. The zero-order valence-corrected chi connectivity index (χ0v) is 9.74. The van der Waals surface area contributed by atoms with Gasteiger partial charge in [-0.1, -0.05) is 0 Å². The molecule has 0 fully saturated rings. The minimum atomic E-state index is -1.02. The standard InChI is InChI=1S/C10H12O5S/c1-14-7(9(11)12)5-6-3-4-8(16-6)10(13)15-2/h3-4,7H,5H2,1-2H3,(H,11,12). The van der Waals surface area contributed by atoms with Gasteiger partial charge >= 0.3 is 11.9 Å². The molecule has 0 saturated carbocycles. The molecule has 0 radical (unpaired) electrons. The number of hydrogen-bond donors (Lipinski definition) is 1. The van der Waals surface area contributed by atoms with Crippen molar-refractivity contribution in [3.8, 4) is 0 Å². The van der Waals surface area contributed by atoms with Gasteiger partial charge in [0.05, 0.1) is 7.11 Å². The lowest BCUT2D eigenvalue weighted by Gasteiger charge is -2.07. The summed E-state index contributed by atoms with van der Waals surface area (Å²) in [4.78, 5) is 23.1. The Morgan fingerprint density at radius 2 is 2.12 bits per heavy atom. The number of rotatable bonds is 5. The van der Waals surface area contributed by atoms with E-state index in [1.807, 2.05) is 0 Å². The van der Waals surface area contributed by atoms with Gasteiger partial charge in [0, 0.05) is 18.4 Å². The monoisotopic (exact) mass is 244 g/mol. The van der Waals surface area contributed by atoms with Crippen molar-refractivity contribution in [2.24, 2.45) is 0 Å². The molecule has 1 rings (SSSR count). The van der Waals surface area contributed by atoms with E-state index in [4.69, 9.17) is 9.84 Å². The first kappa shape index (κ1) is 12.7. The second kappa shape index (κ2) is 5.62. The molecule has 1 unspecified atom stereocenters. The van der Waals surface area contributed by atoms with Gasteiger partial charge in [0.1, 0.15) is 4.88 Å². The largest absolute Gasteiger partial charge is 0.479 e. The molecule has 5 nitrogen and oxygen atoms in total. The van der Waals surface area contributed by atoms with Crippen LogP contribution in [0.2, 0.25) is 0 Å². The quantitative estimate of drug-likeness (QED) is 0.787. The predicted molar refractivity (Wildman–Crippen MR) is 57.8 cm³/mol. The molecule has 6 heteroatoms. The average Bonchev–Trinajstić information content (AvgIpc) is 2.72.